The molecule has 3 unspecified atom stereocenters. The zero-order chi connectivity index (χ0) is 25.7. The van der Waals surface area contributed by atoms with Gasteiger partial charge in [-0.3, -0.25) is 15.0 Å². The van der Waals surface area contributed by atoms with Crippen LogP contribution in [0.4, 0.5) is 18.6 Å². The van der Waals surface area contributed by atoms with E-state index in [1.807, 2.05) is 20.8 Å². The van der Waals surface area contributed by atoms with Gasteiger partial charge in [0.25, 0.3) is 5.91 Å². The first-order chi connectivity index (χ1) is 16.5. The number of aromatic nitrogens is 1. The molecule has 35 heavy (non-hydrogen) atoms. The van der Waals surface area contributed by atoms with Gasteiger partial charge in [0.2, 0.25) is 5.88 Å². The summed E-state index contributed by atoms with van der Waals surface area (Å²) in [6.45, 7) is 10.1. The quantitative estimate of drug-likeness (QED) is 0.476. The molecule has 0 aliphatic carbocycles. The number of ether oxygens (including phenoxy) is 2. The molecule has 2 aromatic rings. The highest BCUT2D eigenvalue weighted by Gasteiger charge is 2.25. The molecule has 12 heteroatoms. The topological polar surface area (TPSA) is 119 Å². The van der Waals surface area contributed by atoms with Crippen molar-refractivity contribution in [2.75, 3.05) is 31.5 Å². The van der Waals surface area contributed by atoms with Gasteiger partial charge in [-0.1, -0.05) is 6.92 Å². The number of hydrogen-bond donors (Lipinski definition) is 3. The second-order valence-corrected chi connectivity index (χ2v) is 9.73. The Morgan fingerprint density at radius 1 is 1.29 bits per heavy atom. The monoisotopic (exact) mass is 511 g/mol. The van der Waals surface area contributed by atoms with Crippen LogP contribution in [0, 0.1) is 24.5 Å². The van der Waals surface area contributed by atoms with Crippen molar-refractivity contribution in [3.8, 4) is 5.88 Å². The number of anilines is 1. The van der Waals surface area contributed by atoms with E-state index in [0.717, 1.165) is 43.3 Å². The number of morpholine rings is 1. The molecule has 0 saturated carbocycles. The first kappa shape index (κ1) is 26.8. The lowest BCUT2D eigenvalue weighted by molar-refractivity contribution is -0.0707. The van der Waals surface area contributed by atoms with Crippen LogP contribution in [0.15, 0.2) is 12.1 Å². The van der Waals surface area contributed by atoms with Crippen LogP contribution in [0.25, 0.3) is 0 Å². The van der Waals surface area contributed by atoms with E-state index >= 15 is 0 Å². The minimum atomic E-state index is -0.872. The third-order valence-electron chi connectivity index (χ3n) is 5.50. The summed E-state index contributed by atoms with van der Waals surface area (Å²) in [5.41, 5.74) is 5.44. The zero-order valence-electron chi connectivity index (χ0n) is 20.2. The van der Waals surface area contributed by atoms with Crippen molar-refractivity contribution in [2.24, 2.45) is 11.7 Å². The van der Waals surface area contributed by atoms with E-state index in [1.54, 1.807) is 0 Å². The third-order valence-corrected chi connectivity index (χ3v) is 6.25. The Morgan fingerprint density at radius 3 is 2.63 bits per heavy atom. The molecular formula is C23H31F2N5O4S. The molecule has 192 valence electrons. The van der Waals surface area contributed by atoms with Crippen molar-refractivity contribution < 1.29 is 27.8 Å². The Kier molecular flexibility index (Phi) is 8.98. The van der Waals surface area contributed by atoms with E-state index < -0.39 is 23.6 Å². The molecule has 0 radical (unpaired) electrons. The van der Waals surface area contributed by atoms with Gasteiger partial charge in [-0.2, -0.15) is 4.37 Å². The Labute approximate surface area is 207 Å². The number of urea groups is 1. The van der Waals surface area contributed by atoms with Crippen molar-refractivity contribution in [1.29, 1.82) is 0 Å². The Morgan fingerprint density at radius 2 is 1.97 bits per heavy atom. The van der Waals surface area contributed by atoms with Gasteiger partial charge >= 0.3 is 6.03 Å². The molecule has 3 atom stereocenters. The fourth-order valence-electron chi connectivity index (χ4n) is 3.97. The Hall–Kier alpha value is -2.83. The number of primary amides is 1. The SMILES string of the molecule is Cc1cc(F)c(COc2nsc(NC(=O)NCC(C)CN3CC(C)OC(C)C3)c2C(N)=O)cc1F. The molecule has 3 amide bonds. The summed E-state index contributed by atoms with van der Waals surface area (Å²) in [7, 11) is 0. The van der Waals surface area contributed by atoms with Gasteiger partial charge in [0, 0.05) is 31.7 Å². The standard InChI is InChI=1S/C23H31F2N5O4S/c1-12(8-30-9-14(3)34-15(4)10-30)7-27-23(32)28-22-19(20(26)31)21(29-35-22)33-11-16-6-17(24)13(2)5-18(16)25/h5-6,12,14-15H,7-11H2,1-4H3,(H2,26,31)(H2,27,28,32). The Bertz CT molecular complexity index is 1060. The van der Waals surface area contributed by atoms with E-state index in [1.165, 1.54) is 6.92 Å². The summed E-state index contributed by atoms with van der Waals surface area (Å²) >= 11 is 0.803. The highest BCUT2D eigenvalue weighted by atomic mass is 32.1. The fourth-order valence-corrected chi connectivity index (χ4v) is 4.71. The van der Waals surface area contributed by atoms with Gasteiger partial charge < -0.3 is 20.5 Å². The number of carbonyl (C=O) groups excluding carboxylic acids is 2. The normalized spacial score (nSPS) is 19.3. The minimum absolute atomic E-state index is 0.0400. The van der Waals surface area contributed by atoms with Crippen molar-refractivity contribution in [3.05, 3.63) is 40.5 Å². The Balaban J connectivity index is 1.55. The van der Waals surface area contributed by atoms with Gasteiger partial charge in [0.1, 0.15) is 28.8 Å². The van der Waals surface area contributed by atoms with Crippen LogP contribution >= 0.6 is 11.5 Å². The van der Waals surface area contributed by atoms with E-state index in [9.17, 15) is 18.4 Å². The molecule has 1 aliphatic rings. The molecular weight excluding hydrogens is 480 g/mol. The number of carbonyl (C=O) groups is 2. The molecule has 4 N–H and O–H groups in total. The number of benzene rings is 1. The predicted octanol–water partition coefficient (Wildman–Crippen LogP) is 3.27. The third kappa shape index (κ3) is 7.33. The number of nitrogens with one attached hydrogen (secondary N) is 2. The maximum atomic E-state index is 14.1. The van der Waals surface area contributed by atoms with Gasteiger partial charge in [-0.05, 0) is 55.9 Å². The molecule has 2 heterocycles. The molecule has 1 aromatic carbocycles. The molecule has 1 fully saturated rings. The largest absolute Gasteiger partial charge is 0.471 e. The molecule has 9 nitrogen and oxygen atoms in total. The molecule has 0 bridgehead atoms. The summed E-state index contributed by atoms with van der Waals surface area (Å²) in [6.07, 6.45) is 0.331. The number of amides is 3. The first-order valence-electron chi connectivity index (χ1n) is 11.3. The highest BCUT2D eigenvalue weighted by molar-refractivity contribution is 7.11. The van der Waals surface area contributed by atoms with E-state index in [-0.39, 0.29) is 52.3 Å². The molecule has 1 aliphatic heterocycles. The predicted molar refractivity (Wildman–Crippen MR) is 129 cm³/mol. The van der Waals surface area contributed by atoms with Crippen molar-refractivity contribution in [2.45, 2.75) is 46.5 Å². The van der Waals surface area contributed by atoms with Crippen LogP contribution in [-0.2, 0) is 11.3 Å². The maximum Gasteiger partial charge on any atom is 0.319 e. The lowest BCUT2D eigenvalue weighted by Gasteiger charge is -2.36. The molecule has 1 aromatic heterocycles. The number of halogens is 2. The minimum Gasteiger partial charge on any atom is -0.471 e. The lowest BCUT2D eigenvalue weighted by Crippen LogP contribution is -2.48. The molecule has 3 rings (SSSR count). The summed E-state index contributed by atoms with van der Waals surface area (Å²) in [5.74, 6) is -2.08. The first-order valence-corrected chi connectivity index (χ1v) is 12.1. The highest BCUT2D eigenvalue weighted by Crippen LogP contribution is 2.31. The second-order valence-electron chi connectivity index (χ2n) is 8.95. The smallest absolute Gasteiger partial charge is 0.319 e. The average molecular weight is 512 g/mol. The van der Waals surface area contributed by atoms with Crippen LogP contribution in [-0.4, -0.2) is 59.6 Å². The van der Waals surface area contributed by atoms with E-state index in [4.69, 9.17) is 15.2 Å². The van der Waals surface area contributed by atoms with Crippen LogP contribution in [0.1, 0.15) is 42.3 Å². The number of rotatable bonds is 9. The van der Waals surface area contributed by atoms with Crippen molar-refractivity contribution >= 4 is 28.5 Å². The summed E-state index contributed by atoms with van der Waals surface area (Å²) in [6, 6.07) is 1.56. The maximum absolute atomic E-state index is 14.1. The number of nitrogens with zero attached hydrogens (tertiary/aromatic N) is 2. The van der Waals surface area contributed by atoms with Crippen molar-refractivity contribution in [3.63, 3.8) is 0 Å². The average Bonchev–Trinajstić information content (AvgIpc) is 3.15. The summed E-state index contributed by atoms with van der Waals surface area (Å²) in [4.78, 5) is 26.7. The second kappa shape index (κ2) is 11.7. The van der Waals surface area contributed by atoms with Gasteiger partial charge in [0.15, 0.2) is 0 Å². The molecule has 0 spiro atoms. The number of hydrogen-bond acceptors (Lipinski definition) is 7. The van der Waals surface area contributed by atoms with Crippen LogP contribution in [0.3, 0.4) is 0 Å². The van der Waals surface area contributed by atoms with E-state index in [2.05, 4.69) is 19.9 Å². The lowest BCUT2D eigenvalue weighted by atomic mass is 10.1. The zero-order valence-corrected chi connectivity index (χ0v) is 21.0. The number of nitrogens with two attached hydrogens (primary N) is 1. The van der Waals surface area contributed by atoms with Gasteiger partial charge in [-0.25, -0.2) is 13.6 Å². The molecule has 1 saturated heterocycles. The van der Waals surface area contributed by atoms with Gasteiger partial charge in [0.05, 0.1) is 12.2 Å². The van der Waals surface area contributed by atoms with Crippen LogP contribution in [0.2, 0.25) is 0 Å². The fraction of sp³-hybridized carbons (Fsp3) is 0.522. The summed E-state index contributed by atoms with van der Waals surface area (Å²) in [5, 5.41) is 5.45. The van der Waals surface area contributed by atoms with Crippen LogP contribution in [0.5, 0.6) is 5.88 Å². The summed E-state index contributed by atoms with van der Waals surface area (Å²) < 4.78 is 43.0. The number of aryl methyl sites for hydroxylation is 1. The van der Waals surface area contributed by atoms with Gasteiger partial charge in [-0.15, -0.1) is 0 Å². The van der Waals surface area contributed by atoms with E-state index in [0.29, 0.717) is 6.54 Å². The van der Waals surface area contributed by atoms with Crippen LogP contribution < -0.4 is 21.1 Å². The van der Waals surface area contributed by atoms with Crippen molar-refractivity contribution in [1.82, 2.24) is 14.6 Å².